The predicted octanol–water partition coefficient (Wildman–Crippen LogP) is 1.87. The molecule has 1 atom stereocenters. The van der Waals surface area contributed by atoms with Gasteiger partial charge in [0, 0.05) is 10.2 Å². The lowest BCUT2D eigenvalue weighted by Gasteiger charge is -2.22. The maximum Gasteiger partial charge on any atom is 0.256 e. The molecule has 164 valence electrons. The lowest BCUT2D eigenvalue weighted by Crippen LogP contribution is -2.42. The van der Waals surface area contributed by atoms with Crippen LogP contribution in [-0.4, -0.2) is 33.1 Å². The molecule has 1 aliphatic heterocycles. The lowest BCUT2D eigenvalue weighted by molar-refractivity contribution is -0.746. The van der Waals surface area contributed by atoms with Crippen LogP contribution in [0.15, 0.2) is 63.6 Å². The summed E-state index contributed by atoms with van der Waals surface area (Å²) in [5, 5.41) is 18.7. The van der Waals surface area contributed by atoms with Crippen LogP contribution in [0.5, 0.6) is 5.95 Å². The third-order valence-corrected chi connectivity index (χ3v) is 5.98. The maximum absolute atomic E-state index is 13.3. The Morgan fingerprint density at radius 2 is 1.94 bits per heavy atom. The van der Waals surface area contributed by atoms with Crippen LogP contribution in [0.1, 0.15) is 12.1 Å². The van der Waals surface area contributed by atoms with Crippen molar-refractivity contribution in [1.29, 1.82) is 0 Å². The van der Waals surface area contributed by atoms with Crippen LogP contribution < -0.4 is 20.0 Å². The molecule has 11 heteroatoms. The standard InChI is InChI=1S/C21H18BrN5O4S/c1-25-17(20(30)31-24-25)12-26-16(11-18(28)23-14-9-7-13(22)8-10-14)19(29)27(21(26)32)15-5-3-2-4-6-15/h2-10,16H,11-12H2,1H3,(H-,23,24,28,30). The molecule has 1 fully saturated rings. The Morgan fingerprint density at radius 1 is 1.25 bits per heavy atom. The third-order valence-electron chi connectivity index (χ3n) is 5.03. The highest BCUT2D eigenvalue weighted by Crippen LogP contribution is 2.29. The number of nitrogens with zero attached hydrogens (tertiary/aromatic N) is 4. The van der Waals surface area contributed by atoms with E-state index >= 15 is 0 Å². The van der Waals surface area contributed by atoms with E-state index < -0.39 is 12.0 Å². The van der Waals surface area contributed by atoms with Crippen molar-refractivity contribution in [3.05, 3.63) is 64.8 Å². The molecule has 2 amide bonds. The molecule has 0 saturated carbocycles. The van der Waals surface area contributed by atoms with Gasteiger partial charge in [0.05, 0.1) is 17.4 Å². The largest absolute Gasteiger partial charge is 0.539 e. The smallest absolute Gasteiger partial charge is 0.256 e. The fraction of sp³-hybridized carbons (Fsp3) is 0.190. The molecular formula is C21H18BrN5O4S. The van der Waals surface area contributed by atoms with Gasteiger partial charge in [0.15, 0.2) is 18.1 Å². The van der Waals surface area contributed by atoms with Crippen LogP contribution in [0.4, 0.5) is 11.4 Å². The minimum Gasteiger partial charge on any atom is -0.539 e. The number of carbonyl (C=O) groups excluding carboxylic acids is 2. The molecule has 32 heavy (non-hydrogen) atoms. The van der Waals surface area contributed by atoms with Crippen LogP contribution in [0, 0.1) is 0 Å². The summed E-state index contributed by atoms with van der Waals surface area (Å²) in [7, 11) is 1.56. The summed E-state index contributed by atoms with van der Waals surface area (Å²) in [5.41, 5.74) is 1.40. The molecule has 1 saturated heterocycles. The molecule has 1 N–H and O–H groups in total. The normalized spacial score (nSPS) is 16.0. The highest BCUT2D eigenvalue weighted by molar-refractivity contribution is 9.10. The Hall–Kier alpha value is -3.31. The number of benzene rings is 2. The Kier molecular flexibility index (Phi) is 6.19. The second-order valence-electron chi connectivity index (χ2n) is 7.13. The van der Waals surface area contributed by atoms with E-state index in [2.05, 4.69) is 31.0 Å². The summed E-state index contributed by atoms with van der Waals surface area (Å²) in [6.45, 7) is -0.0248. The van der Waals surface area contributed by atoms with Gasteiger partial charge in [-0.3, -0.25) is 14.5 Å². The van der Waals surface area contributed by atoms with E-state index in [1.54, 1.807) is 60.5 Å². The summed E-state index contributed by atoms with van der Waals surface area (Å²) >= 11 is 8.94. The van der Waals surface area contributed by atoms with Gasteiger partial charge in [0.2, 0.25) is 5.91 Å². The van der Waals surface area contributed by atoms with Crippen molar-refractivity contribution in [2.24, 2.45) is 7.05 Å². The zero-order chi connectivity index (χ0) is 22.8. The molecule has 9 nitrogen and oxygen atoms in total. The minimum absolute atomic E-state index is 0.0248. The molecule has 1 unspecified atom stereocenters. The molecular weight excluding hydrogens is 498 g/mol. The van der Waals surface area contributed by atoms with Crippen molar-refractivity contribution >= 4 is 56.4 Å². The van der Waals surface area contributed by atoms with E-state index in [0.717, 1.165) is 4.47 Å². The summed E-state index contributed by atoms with van der Waals surface area (Å²) in [6, 6.07) is 15.1. The lowest BCUT2D eigenvalue weighted by atomic mass is 10.1. The first-order valence-electron chi connectivity index (χ1n) is 9.62. The Bertz CT molecular complexity index is 1150. The highest BCUT2D eigenvalue weighted by atomic mass is 79.9. The molecule has 1 aromatic heterocycles. The van der Waals surface area contributed by atoms with Gasteiger partial charge in [0.1, 0.15) is 12.6 Å². The second-order valence-corrected chi connectivity index (χ2v) is 8.41. The summed E-state index contributed by atoms with van der Waals surface area (Å²) in [6.07, 6.45) is -0.151. The average molecular weight is 516 g/mol. The van der Waals surface area contributed by atoms with E-state index in [0.29, 0.717) is 11.4 Å². The number of aromatic nitrogens is 2. The molecule has 3 aromatic rings. The van der Waals surface area contributed by atoms with E-state index in [9.17, 15) is 14.7 Å². The second kappa shape index (κ2) is 9.05. The van der Waals surface area contributed by atoms with Gasteiger partial charge in [-0.2, -0.15) is 0 Å². The van der Waals surface area contributed by atoms with E-state index in [-0.39, 0.29) is 35.6 Å². The number of halogens is 1. The number of carbonyl (C=O) groups is 2. The highest BCUT2D eigenvalue weighted by Gasteiger charge is 2.45. The first kappa shape index (κ1) is 21.9. The van der Waals surface area contributed by atoms with Gasteiger partial charge in [-0.05, 0) is 48.6 Å². The fourth-order valence-corrected chi connectivity index (χ4v) is 4.06. The number of rotatable bonds is 6. The molecule has 0 bridgehead atoms. The van der Waals surface area contributed by atoms with Gasteiger partial charge < -0.3 is 19.8 Å². The van der Waals surface area contributed by atoms with Crippen molar-refractivity contribution in [3.63, 3.8) is 0 Å². The van der Waals surface area contributed by atoms with E-state index in [1.165, 1.54) is 9.58 Å². The van der Waals surface area contributed by atoms with Gasteiger partial charge in [-0.15, -0.1) is 0 Å². The molecule has 0 spiro atoms. The molecule has 4 rings (SSSR count). The number of hydrogen-bond acceptors (Lipinski definition) is 6. The Morgan fingerprint density at radius 3 is 2.56 bits per heavy atom. The third kappa shape index (κ3) is 4.34. The predicted molar refractivity (Wildman–Crippen MR) is 120 cm³/mol. The minimum atomic E-state index is -0.896. The van der Waals surface area contributed by atoms with Gasteiger partial charge >= 0.3 is 0 Å². The Balaban J connectivity index is 1.61. The number of amides is 2. The van der Waals surface area contributed by atoms with Crippen molar-refractivity contribution in [3.8, 4) is 5.95 Å². The van der Waals surface area contributed by atoms with Crippen molar-refractivity contribution in [2.75, 3.05) is 10.2 Å². The number of para-hydroxylation sites is 1. The fourth-order valence-electron chi connectivity index (χ4n) is 3.41. The summed E-state index contributed by atoms with van der Waals surface area (Å²) in [5.74, 6) is -1.33. The first-order chi connectivity index (χ1) is 15.3. The topological polar surface area (TPSA) is 106 Å². The number of hydrogen-bond donors (Lipinski definition) is 1. The van der Waals surface area contributed by atoms with Crippen molar-refractivity contribution in [1.82, 2.24) is 10.2 Å². The van der Waals surface area contributed by atoms with Crippen LogP contribution >= 0.6 is 28.1 Å². The van der Waals surface area contributed by atoms with E-state index in [1.807, 2.05) is 6.07 Å². The molecule has 0 radical (unpaired) electrons. The molecule has 0 aliphatic carbocycles. The van der Waals surface area contributed by atoms with Crippen LogP contribution in [-0.2, 0) is 23.2 Å². The van der Waals surface area contributed by atoms with Crippen LogP contribution in [0.2, 0.25) is 0 Å². The van der Waals surface area contributed by atoms with E-state index in [4.69, 9.17) is 12.2 Å². The van der Waals surface area contributed by atoms with Crippen LogP contribution in [0.25, 0.3) is 0 Å². The number of nitrogens with one attached hydrogen (secondary N) is 1. The SMILES string of the molecule is C[n+]1noc([O-])c1CN1C(=S)N(c2ccccc2)C(=O)C1CC(=O)Nc1ccc(Br)cc1. The molecule has 2 aromatic carbocycles. The monoisotopic (exact) mass is 515 g/mol. The zero-order valence-electron chi connectivity index (χ0n) is 16.9. The van der Waals surface area contributed by atoms with Gasteiger partial charge in [-0.1, -0.05) is 38.8 Å². The average Bonchev–Trinajstić information content (AvgIpc) is 3.21. The number of aryl methyl sites for hydroxylation is 1. The van der Waals surface area contributed by atoms with Crippen molar-refractivity contribution < 1.29 is 23.9 Å². The summed E-state index contributed by atoms with van der Waals surface area (Å²) in [4.78, 5) is 29.0. The maximum atomic E-state index is 13.3. The van der Waals surface area contributed by atoms with Gasteiger partial charge in [-0.25, -0.2) is 0 Å². The van der Waals surface area contributed by atoms with Crippen molar-refractivity contribution in [2.45, 2.75) is 19.0 Å². The molecule has 1 aliphatic rings. The summed E-state index contributed by atoms with van der Waals surface area (Å²) < 4.78 is 6.86. The first-order valence-corrected chi connectivity index (χ1v) is 10.8. The zero-order valence-corrected chi connectivity index (χ0v) is 19.3. The van der Waals surface area contributed by atoms with Crippen LogP contribution in [0.3, 0.4) is 0 Å². The molecule has 2 heterocycles. The number of anilines is 2. The number of thiocarbonyl (C=S) groups is 1. The van der Waals surface area contributed by atoms with Gasteiger partial charge in [0.25, 0.3) is 11.6 Å². The Labute approximate surface area is 197 Å². The quantitative estimate of drug-likeness (QED) is 0.394.